The first-order valence-corrected chi connectivity index (χ1v) is 5.66. The quantitative estimate of drug-likeness (QED) is 0.314. The third-order valence-electron chi connectivity index (χ3n) is 1.64. The first-order valence-electron chi connectivity index (χ1n) is 4.38. The summed E-state index contributed by atoms with van der Waals surface area (Å²) in [5, 5.41) is 0.583. The smallest absolute Gasteiger partial charge is 0.148 e. The molecule has 2 nitrogen and oxygen atoms in total. The maximum Gasteiger partial charge on any atom is 0.148 e. The largest absolute Gasteiger partial charge is 0.309 e. The molecule has 0 bridgehead atoms. The van der Waals surface area contributed by atoms with Crippen LogP contribution in [-0.4, -0.2) is 9.57 Å². The Labute approximate surface area is 84.6 Å². The first-order chi connectivity index (χ1) is 5.70. The number of nitrogens with two attached hydrogens (primary N) is 1. The van der Waals surface area contributed by atoms with Crippen LogP contribution >= 0.6 is 24.0 Å². The van der Waals surface area contributed by atoms with Crippen molar-refractivity contribution in [2.24, 2.45) is 5.84 Å². The summed E-state index contributed by atoms with van der Waals surface area (Å²) >= 11 is 6.58. The average Bonchev–Trinajstić information content (AvgIpc) is 2.05. The zero-order chi connectivity index (χ0) is 9.40. The Kier molecular flexibility index (Phi) is 7.96. The van der Waals surface area contributed by atoms with E-state index in [-0.39, 0.29) is 0 Å². The van der Waals surface area contributed by atoms with E-state index in [1.807, 2.05) is 0 Å². The number of hydrogen-bond donors (Lipinski definition) is 2. The third-order valence-corrected chi connectivity index (χ3v) is 3.02. The molecule has 0 radical (unpaired) electrons. The van der Waals surface area contributed by atoms with Gasteiger partial charge in [-0.3, -0.25) is 0 Å². The molecule has 0 aliphatic rings. The highest BCUT2D eigenvalue weighted by atomic mass is 32.2. The Morgan fingerprint density at radius 2 is 2.25 bits per heavy atom. The van der Waals surface area contributed by atoms with E-state index in [0.717, 1.165) is 0 Å². The van der Waals surface area contributed by atoms with Crippen LogP contribution in [0.1, 0.15) is 39.5 Å². The Bertz CT molecular complexity index is 128. The molecule has 0 aromatic heterocycles. The van der Waals surface area contributed by atoms with Gasteiger partial charge in [-0.2, -0.15) is 0 Å². The van der Waals surface area contributed by atoms with Crippen LogP contribution in [0.2, 0.25) is 0 Å². The number of nitrogens with one attached hydrogen (secondary N) is 1. The fraction of sp³-hybridized carbons (Fsp3) is 0.875. The number of thiocarbonyl (C=S) groups is 1. The second kappa shape index (κ2) is 7.83. The van der Waals surface area contributed by atoms with Crippen LogP contribution < -0.4 is 11.3 Å². The number of rotatable bonds is 5. The summed E-state index contributed by atoms with van der Waals surface area (Å²) in [4.78, 5) is 0. The van der Waals surface area contributed by atoms with Gasteiger partial charge in [-0.25, -0.2) is 5.84 Å². The molecule has 0 amide bonds. The Morgan fingerprint density at radius 1 is 1.58 bits per heavy atom. The molecule has 0 saturated carbocycles. The van der Waals surface area contributed by atoms with E-state index in [0.29, 0.717) is 9.57 Å². The Balaban J connectivity index is 3.32. The van der Waals surface area contributed by atoms with Crippen molar-refractivity contribution in [3.63, 3.8) is 0 Å². The summed E-state index contributed by atoms with van der Waals surface area (Å²) in [6.07, 6.45) is 5.10. The van der Waals surface area contributed by atoms with Crippen molar-refractivity contribution in [2.75, 3.05) is 0 Å². The van der Waals surface area contributed by atoms with Gasteiger partial charge in [0, 0.05) is 5.25 Å². The van der Waals surface area contributed by atoms with Crippen LogP contribution in [0, 0.1) is 0 Å². The lowest BCUT2D eigenvalue weighted by Gasteiger charge is -2.10. The SMILES string of the molecule is CCCCCC(C)SC(=S)NN. The summed E-state index contributed by atoms with van der Waals surface area (Å²) in [6.45, 7) is 4.40. The van der Waals surface area contributed by atoms with Gasteiger partial charge >= 0.3 is 0 Å². The van der Waals surface area contributed by atoms with Crippen molar-refractivity contribution in [3.05, 3.63) is 0 Å². The fourth-order valence-corrected chi connectivity index (χ4v) is 2.17. The molecule has 0 fully saturated rings. The Hall–Kier alpha value is 0.200. The summed E-state index contributed by atoms with van der Waals surface area (Å²) in [5.41, 5.74) is 2.48. The van der Waals surface area contributed by atoms with Crippen molar-refractivity contribution >= 4 is 28.3 Å². The molecule has 4 heteroatoms. The predicted octanol–water partition coefficient (Wildman–Crippen LogP) is 2.44. The van der Waals surface area contributed by atoms with Gasteiger partial charge < -0.3 is 5.43 Å². The second-order valence-corrected chi connectivity index (χ2v) is 4.97. The fourth-order valence-electron chi connectivity index (χ4n) is 0.957. The molecule has 0 aliphatic heterocycles. The van der Waals surface area contributed by atoms with Crippen LogP contribution in [0.15, 0.2) is 0 Å². The van der Waals surface area contributed by atoms with Gasteiger partial charge in [0.15, 0.2) is 0 Å². The second-order valence-electron chi connectivity index (χ2n) is 2.86. The van der Waals surface area contributed by atoms with Gasteiger partial charge in [-0.15, -0.1) is 0 Å². The molecule has 3 N–H and O–H groups in total. The zero-order valence-electron chi connectivity index (χ0n) is 7.80. The lowest BCUT2D eigenvalue weighted by atomic mass is 10.2. The van der Waals surface area contributed by atoms with E-state index in [9.17, 15) is 0 Å². The monoisotopic (exact) mass is 206 g/mol. The Morgan fingerprint density at radius 3 is 2.75 bits per heavy atom. The van der Waals surface area contributed by atoms with E-state index in [1.165, 1.54) is 25.7 Å². The van der Waals surface area contributed by atoms with Crippen molar-refractivity contribution < 1.29 is 0 Å². The molecule has 0 heterocycles. The normalized spacial score (nSPS) is 12.6. The lowest BCUT2D eigenvalue weighted by molar-refractivity contribution is 0.665. The van der Waals surface area contributed by atoms with E-state index < -0.39 is 0 Å². The minimum Gasteiger partial charge on any atom is -0.309 e. The molecule has 12 heavy (non-hydrogen) atoms. The highest BCUT2D eigenvalue weighted by Gasteiger charge is 2.04. The molecule has 0 aromatic carbocycles. The molecule has 0 rings (SSSR count). The van der Waals surface area contributed by atoms with Crippen LogP contribution in [0.5, 0.6) is 0 Å². The van der Waals surface area contributed by atoms with Gasteiger partial charge in [-0.1, -0.05) is 57.1 Å². The van der Waals surface area contributed by atoms with Crippen LogP contribution in [0.25, 0.3) is 0 Å². The van der Waals surface area contributed by atoms with Gasteiger partial charge in [0.2, 0.25) is 0 Å². The molecule has 72 valence electrons. The third kappa shape index (κ3) is 6.88. The molecule has 0 aliphatic carbocycles. The summed E-state index contributed by atoms with van der Waals surface area (Å²) < 4.78 is 0.694. The number of unbranched alkanes of at least 4 members (excludes halogenated alkanes) is 2. The average molecular weight is 206 g/mol. The number of hydrogen-bond acceptors (Lipinski definition) is 3. The molecule has 0 saturated heterocycles. The molecule has 0 aromatic rings. The van der Waals surface area contributed by atoms with Gasteiger partial charge in [0.05, 0.1) is 0 Å². The van der Waals surface area contributed by atoms with Crippen molar-refractivity contribution in [1.82, 2.24) is 5.43 Å². The molecular formula is C8H18N2S2. The van der Waals surface area contributed by atoms with E-state index >= 15 is 0 Å². The molecule has 0 spiro atoms. The van der Waals surface area contributed by atoms with Crippen molar-refractivity contribution in [2.45, 2.75) is 44.8 Å². The summed E-state index contributed by atoms with van der Waals surface area (Å²) in [5.74, 6) is 5.16. The molecule has 1 unspecified atom stereocenters. The number of hydrazine groups is 1. The van der Waals surface area contributed by atoms with Gasteiger partial charge in [-0.05, 0) is 6.42 Å². The highest BCUT2D eigenvalue weighted by Crippen LogP contribution is 2.17. The predicted molar refractivity (Wildman–Crippen MR) is 61.1 cm³/mol. The standard InChI is InChI=1S/C8H18N2S2/c1-3-4-5-6-7(2)12-8(11)10-9/h7H,3-6,9H2,1-2H3,(H,10,11). The van der Waals surface area contributed by atoms with E-state index in [4.69, 9.17) is 18.1 Å². The molecule has 1 atom stereocenters. The lowest BCUT2D eigenvalue weighted by Crippen LogP contribution is -2.27. The van der Waals surface area contributed by atoms with E-state index in [1.54, 1.807) is 11.8 Å². The molecular weight excluding hydrogens is 188 g/mol. The van der Waals surface area contributed by atoms with Crippen LogP contribution in [-0.2, 0) is 0 Å². The van der Waals surface area contributed by atoms with Crippen LogP contribution in [0.4, 0.5) is 0 Å². The summed E-state index contributed by atoms with van der Waals surface area (Å²) in [6, 6.07) is 0. The highest BCUT2D eigenvalue weighted by molar-refractivity contribution is 8.23. The maximum absolute atomic E-state index is 5.16. The van der Waals surface area contributed by atoms with E-state index in [2.05, 4.69) is 19.3 Å². The maximum atomic E-state index is 5.16. The zero-order valence-corrected chi connectivity index (χ0v) is 9.43. The van der Waals surface area contributed by atoms with Gasteiger partial charge in [0.25, 0.3) is 0 Å². The minimum absolute atomic E-state index is 0.583. The van der Waals surface area contributed by atoms with Gasteiger partial charge in [0.1, 0.15) is 4.32 Å². The number of thioether (sulfide) groups is 1. The topological polar surface area (TPSA) is 38.0 Å². The van der Waals surface area contributed by atoms with Crippen LogP contribution in [0.3, 0.4) is 0 Å². The van der Waals surface area contributed by atoms with Crippen molar-refractivity contribution in [3.8, 4) is 0 Å². The first kappa shape index (κ1) is 12.2. The summed E-state index contributed by atoms with van der Waals surface area (Å²) in [7, 11) is 0. The van der Waals surface area contributed by atoms with Crippen molar-refractivity contribution in [1.29, 1.82) is 0 Å². The minimum atomic E-state index is 0.583.